The van der Waals surface area contributed by atoms with Crippen molar-refractivity contribution in [3.8, 4) is 11.5 Å². The molecule has 0 saturated carbocycles. The minimum Gasteiger partial charge on any atom is -0.497 e. The van der Waals surface area contributed by atoms with E-state index in [1.54, 1.807) is 24.3 Å². The minimum absolute atomic E-state index is 0.00499. The van der Waals surface area contributed by atoms with E-state index in [0.29, 0.717) is 11.5 Å². The maximum atomic E-state index is 14.1. The summed E-state index contributed by atoms with van der Waals surface area (Å²) < 4.78 is 41.4. The van der Waals surface area contributed by atoms with Gasteiger partial charge in [0.05, 0.1) is 13.7 Å². The Morgan fingerprint density at radius 1 is 1.05 bits per heavy atom. The highest BCUT2D eigenvalue weighted by Crippen LogP contribution is 2.46. The number of carbonyl (C=O) groups excluding carboxylic acids is 2. The molecule has 0 bridgehead atoms. The average Bonchev–Trinajstić information content (AvgIpc) is 2.98. The van der Waals surface area contributed by atoms with Crippen molar-refractivity contribution >= 4 is 31.4 Å². The summed E-state index contributed by atoms with van der Waals surface area (Å²) in [6.07, 6.45) is -4.26. The summed E-state index contributed by atoms with van der Waals surface area (Å²) in [6, 6.07) is 12.8. The van der Waals surface area contributed by atoms with Crippen molar-refractivity contribution in [3.63, 3.8) is 0 Å². The van der Waals surface area contributed by atoms with Crippen LogP contribution in [0.25, 0.3) is 0 Å². The Hall–Kier alpha value is -2.68. The number of benzene rings is 2. The van der Waals surface area contributed by atoms with Crippen LogP contribution in [0.15, 0.2) is 54.6 Å². The van der Waals surface area contributed by atoms with Gasteiger partial charge in [0.2, 0.25) is 5.91 Å². The van der Waals surface area contributed by atoms with E-state index in [2.05, 4.69) is 10.4 Å². The van der Waals surface area contributed by atoms with E-state index < -0.39 is 62.9 Å². The lowest BCUT2D eigenvalue weighted by atomic mass is 9.97. The molecule has 0 aromatic heterocycles. The van der Waals surface area contributed by atoms with E-state index in [-0.39, 0.29) is 18.8 Å². The first-order valence-electron chi connectivity index (χ1n) is 13.1. The first-order valence-corrected chi connectivity index (χ1v) is 16.0. The number of hydrogen-bond donors (Lipinski definition) is 5. The second kappa shape index (κ2) is 16.2. The SMILES string of the molecule is COc1ccc(OP(=O)(N[C@@H](CCSC)C(=O)OCc2ccccc2)OC[C@H]2OC(O)[C@H](NC(C)=O)[C@@H](O)[C@@H]2O)cc1. The fraction of sp³-hybridized carbons (Fsp3) is 0.481. The lowest BCUT2D eigenvalue weighted by Gasteiger charge is -2.40. The van der Waals surface area contributed by atoms with Crippen LogP contribution in [-0.2, 0) is 34.8 Å². The number of hydrogen-bond acceptors (Lipinski definition) is 12. The molecular formula is C27H37N2O11PS. The van der Waals surface area contributed by atoms with Crippen LogP contribution in [-0.4, -0.2) is 89.6 Å². The van der Waals surface area contributed by atoms with E-state index in [9.17, 15) is 29.5 Å². The minimum atomic E-state index is -4.41. The molecule has 13 nitrogen and oxygen atoms in total. The van der Waals surface area contributed by atoms with E-state index in [1.807, 2.05) is 24.5 Å². The van der Waals surface area contributed by atoms with Crippen LogP contribution >= 0.6 is 19.5 Å². The van der Waals surface area contributed by atoms with Gasteiger partial charge >= 0.3 is 13.7 Å². The number of aliphatic hydroxyl groups excluding tert-OH is 3. The predicted octanol–water partition coefficient (Wildman–Crippen LogP) is 1.60. The quantitative estimate of drug-likeness (QED) is 0.142. The maximum Gasteiger partial charge on any atom is 0.459 e. The Labute approximate surface area is 248 Å². The van der Waals surface area contributed by atoms with Crippen LogP contribution in [0.5, 0.6) is 11.5 Å². The first-order chi connectivity index (χ1) is 20.0. The average molecular weight is 629 g/mol. The topological polar surface area (TPSA) is 182 Å². The van der Waals surface area contributed by atoms with Crippen molar-refractivity contribution in [2.24, 2.45) is 0 Å². The molecule has 2 aromatic carbocycles. The number of rotatable bonds is 15. The van der Waals surface area contributed by atoms with Crippen LogP contribution in [0, 0.1) is 0 Å². The smallest absolute Gasteiger partial charge is 0.459 e. The van der Waals surface area contributed by atoms with Crippen molar-refractivity contribution in [2.45, 2.75) is 56.6 Å². The lowest BCUT2D eigenvalue weighted by Crippen LogP contribution is -2.64. The van der Waals surface area contributed by atoms with Crippen LogP contribution in [0.1, 0.15) is 18.9 Å². The Bertz CT molecular complexity index is 1190. The van der Waals surface area contributed by atoms with Gasteiger partial charge in [0.25, 0.3) is 0 Å². The standard InChI is InChI=1S/C27H37N2O11PS/c1-17(30)28-23-25(32)24(31)22(39-27(23)34)16-38-41(35,40-20-11-9-19(36-2)10-12-20)29-21(13-14-42-3)26(33)37-15-18-7-5-4-6-8-18/h4-12,21-25,27,31-32,34H,13-16H2,1-3H3,(H,28,30)(H,29,35)/t21-,22+,23+,24+,25+,27?,41?/m0/s1. The summed E-state index contributed by atoms with van der Waals surface area (Å²) in [4.78, 5) is 24.5. The van der Waals surface area contributed by atoms with E-state index in [1.165, 1.54) is 37.9 Å². The second-order valence-corrected chi connectivity index (χ2v) is 12.1. The number of esters is 1. The van der Waals surface area contributed by atoms with Gasteiger partial charge in [0.1, 0.15) is 48.5 Å². The molecule has 0 aliphatic carbocycles. The van der Waals surface area contributed by atoms with Gasteiger partial charge in [-0.25, -0.2) is 4.57 Å². The zero-order chi connectivity index (χ0) is 30.7. The Morgan fingerprint density at radius 2 is 1.71 bits per heavy atom. The van der Waals surface area contributed by atoms with Crippen molar-refractivity contribution in [1.82, 2.24) is 10.4 Å². The molecule has 3 rings (SSSR count). The van der Waals surface area contributed by atoms with Gasteiger partial charge in [0.15, 0.2) is 6.29 Å². The van der Waals surface area contributed by atoms with E-state index in [4.69, 9.17) is 23.3 Å². The molecule has 5 N–H and O–H groups in total. The van der Waals surface area contributed by atoms with Gasteiger partial charge in [-0.15, -0.1) is 0 Å². The Morgan fingerprint density at radius 3 is 2.33 bits per heavy atom. The monoisotopic (exact) mass is 628 g/mol. The highest BCUT2D eigenvalue weighted by molar-refractivity contribution is 7.98. The van der Waals surface area contributed by atoms with Gasteiger partial charge in [-0.05, 0) is 48.3 Å². The summed E-state index contributed by atoms with van der Waals surface area (Å²) in [5, 5.41) is 36.3. The zero-order valence-corrected chi connectivity index (χ0v) is 25.2. The highest BCUT2D eigenvalue weighted by atomic mass is 32.2. The molecule has 1 aliphatic heterocycles. The van der Waals surface area contributed by atoms with E-state index >= 15 is 0 Å². The molecule has 1 fully saturated rings. The van der Waals surface area contributed by atoms with Crippen LogP contribution in [0.2, 0.25) is 0 Å². The van der Waals surface area contributed by atoms with Crippen LogP contribution in [0.3, 0.4) is 0 Å². The Kier molecular flexibility index (Phi) is 13.1. The fourth-order valence-electron chi connectivity index (χ4n) is 4.00. The van der Waals surface area contributed by atoms with Crippen molar-refractivity contribution in [3.05, 3.63) is 60.2 Å². The molecule has 1 heterocycles. The van der Waals surface area contributed by atoms with Gasteiger partial charge in [0, 0.05) is 6.92 Å². The molecule has 42 heavy (non-hydrogen) atoms. The molecule has 1 saturated heterocycles. The number of ether oxygens (including phenoxy) is 3. The number of carbonyl (C=O) groups is 2. The first kappa shape index (κ1) is 33.8. The molecule has 232 valence electrons. The molecule has 0 radical (unpaired) electrons. The second-order valence-electron chi connectivity index (χ2n) is 9.39. The number of amides is 1. The molecule has 7 atom stereocenters. The normalized spacial score (nSPS) is 24.2. The number of thioether (sulfide) groups is 1. The lowest BCUT2D eigenvalue weighted by molar-refractivity contribution is -0.252. The summed E-state index contributed by atoms with van der Waals surface area (Å²) in [5.74, 6) is -0.102. The zero-order valence-electron chi connectivity index (χ0n) is 23.5. The molecule has 2 unspecified atom stereocenters. The fourth-order valence-corrected chi connectivity index (χ4v) is 6.01. The third kappa shape index (κ3) is 9.96. The molecule has 15 heteroatoms. The predicted molar refractivity (Wildman–Crippen MR) is 154 cm³/mol. The van der Waals surface area contributed by atoms with Crippen molar-refractivity contribution in [1.29, 1.82) is 0 Å². The van der Waals surface area contributed by atoms with Crippen LogP contribution < -0.4 is 19.7 Å². The molecule has 1 amide bonds. The highest BCUT2D eigenvalue weighted by Gasteiger charge is 2.46. The molecule has 2 aromatic rings. The van der Waals surface area contributed by atoms with Gasteiger partial charge in [-0.3, -0.25) is 14.1 Å². The van der Waals surface area contributed by atoms with Gasteiger partial charge in [-0.1, -0.05) is 30.3 Å². The molecule has 0 spiro atoms. The van der Waals surface area contributed by atoms with E-state index in [0.717, 1.165) is 5.56 Å². The largest absolute Gasteiger partial charge is 0.497 e. The molecule has 1 aliphatic rings. The van der Waals surface area contributed by atoms with Crippen LogP contribution in [0.4, 0.5) is 0 Å². The molecular weight excluding hydrogens is 591 g/mol. The summed E-state index contributed by atoms with van der Waals surface area (Å²) >= 11 is 1.47. The summed E-state index contributed by atoms with van der Waals surface area (Å²) in [5.41, 5.74) is 0.765. The maximum absolute atomic E-state index is 14.1. The number of methoxy groups -OCH3 is 1. The third-order valence-corrected chi connectivity index (χ3v) is 8.43. The summed E-state index contributed by atoms with van der Waals surface area (Å²) in [7, 11) is -2.92. The third-order valence-electron chi connectivity index (χ3n) is 6.22. The van der Waals surface area contributed by atoms with Crippen molar-refractivity contribution in [2.75, 3.05) is 25.7 Å². The number of nitrogens with one attached hydrogen (secondary N) is 2. The number of aliphatic hydroxyl groups is 3. The Balaban J connectivity index is 1.79. The van der Waals surface area contributed by atoms with Crippen molar-refractivity contribution < 1.29 is 52.7 Å². The van der Waals surface area contributed by atoms with Gasteiger partial charge < -0.3 is 39.4 Å². The summed E-state index contributed by atoms with van der Waals surface area (Å²) in [6.45, 7) is 0.545. The van der Waals surface area contributed by atoms with Gasteiger partial charge in [-0.2, -0.15) is 16.8 Å².